The van der Waals surface area contributed by atoms with Gasteiger partial charge in [-0.25, -0.2) is 0 Å². The maximum absolute atomic E-state index is 12.3. The molecule has 3 nitrogen and oxygen atoms in total. The van der Waals surface area contributed by atoms with Crippen LogP contribution in [-0.4, -0.2) is 25.5 Å². The third-order valence-corrected chi connectivity index (χ3v) is 4.43. The molecule has 0 aromatic heterocycles. The quantitative estimate of drug-likeness (QED) is 0.795. The minimum absolute atomic E-state index is 0.235. The summed E-state index contributed by atoms with van der Waals surface area (Å²) >= 11 is 3.51. The van der Waals surface area contributed by atoms with Crippen LogP contribution in [0.2, 0.25) is 0 Å². The van der Waals surface area contributed by atoms with Crippen molar-refractivity contribution in [2.75, 3.05) is 23.4 Å². The SMILES string of the molecule is CN1CC(=O)N(C2CCCC2)c2ccc(Br)cc21. The van der Waals surface area contributed by atoms with Crippen LogP contribution in [0.25, 0.3) is 0 Å². The maximum atomic E-state index is 12.3. The number of fused-ring (bicyclic) bond motifs is 1. The van der Waals surface area contributed by atoms with Crippen molar-refractivity contribution in [2.45, 2.75) is 31.7 Å². The lowest BCUT2D eigenvalue weighted by molar-refractivity contribution is -0.118. The van der Waals surface area contributed by atoms with Gasteiger partial charge in [0.2, 0.25) is 5.91 Å². The minimum atomic E-state index is 0.235. The van der Waals surface area contributed by atoms with Crippen LogP contribution in [0, 0.1) is 0 Å². The number of benzene rings is 1. The van der Waals surface area contributed by atoms with E-state index in [4.69, 9.17) is 0 Å². The molecule has 1 aromatic carbocycles. The zero-order valence-electron chi connectivity index (χ0n) is 10.5. The number of carbonyl (C=O) groups is 1. The summed E-state index contributed by atoms with van der Waals surface area (Å²) in [5.74, 6) is 0.235. The molecule has 1 amide bonds. The molecule has 0 spiro atoms. The molecule has 0 unspecified atom stereocenters. The highest BCUT2D eigenvalue weighted by atomic mass is 79.9. The van der Waals surface area contributed by atoms with Gasteiger partial charge in [0.15, 0.2) is 0 Å². The van der Waals surface area contributed by atoms with Crippen molar-refractivity contribution >= 4 is 33.2 Å². The van der Waals surface area contributed by atoms with Crippen molar-refractivity contribution in [3.05, 3.63) is 22.7 Å². The van der Waals surface area contributed by atoms with Gasteiger partial charge in [0.25, 0.3) is 0 Å². The first-order valence-electron chi connectivity index (χ1n) is 6.49. The highest BCUT2D eigenvalue weighted by molar-refractivity contribution is 9.10. The van der Waals surface area contributed by atoms with Crippen molar-refractivity contribution in [2.24, 2.45) is 0 Å². The molecular formula is C14H17BrN2O. The van der Waals surface area contributed by atoms with E-state index >= 15 is 0 Å². The average Bonchev–Trinajstić information content (AvgIpc) is 2.83. The summed E-state index contributed by atoms with van der Waals surface area (Å²) in [7, 11) is 1.98. The van der Waals surface area contributed by atoms with Gasteiger partial charge in [-0.3, -0.25) is 4.79 Å². The Balaban J connectivity index is 2.04. The third kappa shape index (κ3) is 1.92. The standard InChI is InChI=1S/C14H17BrN2O/c1-16-9-14(18)17(11-4-2-3-5-11)12-7-6-10(15)8-13(12)16/h6-8,11H,2-5,9H2,1H3. The lowest BCUT2D eigenvalue weighted by atomic mass is 10.1. The van der Waals surface area contributed by atoms with E-state index in [0.717, 1.165) is 28.7 Å². The van der Waals surface area contributed by atoms with E-state index in [1.165, 1.54) is 12.8 Å². The number of hydrogen-bond acceptors (Lipinski definition) is 2. The fourth-order valence-electron chi connectivity index (χ4n) is 3.07. The van der Waals surface area contributed by atoms with Gasteiger partial charge >= 0.3 is 0 Å². The number of nitrogens with zero attached hydrogens (tertiary/aromatic N) is 2. The van der Waals surface area contributed by atoms with Crippen molar-refractivity contribution in [3.63, 3.8) is 0 Å². The summed E-state index contributed by atoms with van der Waals surface area (Å²) in [5.41, 5.74) is 2.22. The Labute approximate surface area is 116 Å². The Bertz CT molecular complexity index is 483. The predicted molar refractivity (Wildman–Crippen MR) is 77.2 cm³/mol. The Hall–Kier alpha value is -1.03. The molecule has 1 heterocycles. The first kappa shape index (κ1) is 12.0. The van der Waals surface area contributed by atoms with E-state index in [-0.39, 0.29) is 5.91 Å². The number of anilines is 2. The summed E-state index contributed by atoms with van der Waals surface area (Å²) in [5, 5.41) is 0. The summed E-state index contributed by atoms with van der Waals surface area (Å²) in [6.45, 7) is 0.486. The summed E-state index contributed by atoms with van der Waals surface area (Å²) in [6.07, 6.45) is 4.78. The zero-order chi connectivity index (χ0) is 12.7. The van der Waals surface area contributed by atoms with Crippen LogP contribution in [0.3, 0.4) is 0 Å². The second kappa shape index (κ2) is 4.57. The molecule has 1 aromatic rings. The topological polar surface area (TPSA) is 23.6 Å². The number of rotatable bonds is 1. The Morgan fingerprint density at radius 2 is 1.94 bits per heavy atom. The molecule has 1 saturated carbocycles. The van der Waals surface area contributed by atoms with Crippen molar-refractivity contribution in [1.29, 1.82) is 0 Å². The first-order chi connectivity index (χ1) is 8.66. The molecular weight excluding hydrogens is 292 g/mol. The van der Waals surface area contributed by atoms with E-state index in [1.807, 2.05) is 22.9 Å². The first-order valence-corrected chi connectivity index (χ1v) is 7.29. The molecule has 0 N–H and O–H groups in total. The van der Waals surface area contributed by atoms with Crippen LogP contribution in [0.15, 0.2) is 22.7 Å². The van der Waals surface area contributed by atoms with E-state index in [9.17, 15) is 4.79 Å². The van der Waals surface area contributed by atoms with E-state index in [2.05, 4.69) is 28.1 Å². The second-order valence-corrected chi connectivity index (χ2v) is 6.11. The molecule has 0 radical (unpaired) electrons. The van der Waals surface area contributed by atoms with Gasteiger partial charge in [0.1, 0.15) is 0 Å². The second-order valence-electron chi connectivity index (χ2n) is 5.19. The van der Waals surface area contributed by atoms with Crippen LogP contribution in [0.5, 0.6) is 0 Å². The number of halogens is 1. The van der Waals surface area contributed by atoms with Crippen molar-refractivity contribution < 1.29 is 4.79 Å². The van der Waals surface area contributed by atoms with E-state index in [1.54, 1.807) is 0 Å². The summed E-state index contributed by atoms with van der Waals surface area (Å²) in [6, 6.07) is 6.59. The fraction of sp³-hybridized carbons (Fsp3) is 0.500. The van der Waals surface area contributed by atoms with Gasteiger partial charge in [-0.1, -0.05) is 28.8 Å². The average molecular weight is 309 g/mol. The molecule has 1 aliphatic heterocycles. The molecule has 1 fully saturated rings. The van der Waals surface area contributed by atoms with Crippen molar-refractivity contribution in [3.8, 4) is 0 Å². The molecule has 0 bridgehead atoms. The lowest BCUT2D eigenvalue weighted by Crippen LogP contribution is -2.48. The lowest BCUT2D eigenvalue weighted by Gasteiger charge is -2.38. The number of hydrogen-bond donors (Lipinski definition) is 0. The molecule has 4 heteroatoms. The van der Waals surface area contributed by atoms with Gasteiger partial charge in [0, 0.05) is 17.6 Å². The molecule has 2 aliphatic rings. The van der Waals surface area contributed by atoms with E-state index < -0.39 is 0 Å². The van der Waals surface area contributed by atoms with Gasteiger partial charge in [-0.15, -0.1) is 0 Å². The summed E-state index contributed by atoms with van der Waals surface area (Å²) < 4.78 is 1.06. The van der Waals surface area contributed by atoms with Crippen LogP contribution in [0.1, 0.15) is 25.7 Å². The molecule has 0 saturated heterocycles. The van der Waals surface area contributed by atoms with Crippen molar-refractivity contribution in [1.82, 2.24) is 0 Å². The highest BCUT2D eigenvalue weighted by Crippen LogP contribution is 2.39. The van der Waals surface area contributed by atoms with Gasteiger partial charge in [-0.2, -0.15) is 0 Å². The van der Waals surface area contributed by atoms with Gasteiger partial charge in [-0.05, 0) is 31.0 Å². The highest BCUT2D eigenvalue weighted by Gasteiger charge is 2.33. The smallest absolute Gasteiger partial charge is 0.246 e. The Morgan fingerprint density at radius 3 is 2.67 bits per heavy atom. The van der Waals surface area contributed by atoms with Gasteiger partial charge in [0.05, 0.1) is 17.9 Å². The van der Waals surface area contributed by atoms with Crippen LogP contribution >= 0.6 is 15.9 Å². The molecule has 0 atom stereocenters. The zero-order valence-corrected chi connectivity index (χ0v) is 12.1. The van der Waals surface area contributed by atoms with Crippen LogP contribution < -0.4 is 9.80 Å². The summed E-state index contributed by atoms with van der Waals surface area (Å²) in [4.78, 5) is 16.4. The Kier molecular flexibility index (Phi) is 3.06. The number of likely N-dealkylation sites (N-methyl/N-ethyl adjacent to an activating group) is 1. The van der Waals surface area contributed by atoms with Crippen LogP contribution in [-0.2, 0) is 4.79 Å². The minimum Gasteiger partial charge on any atom is -0.364 e. The maximum Gasteiger partial charge on any atom is 0.246 e. The largest absolute Gasteiger partial charge is 0.364 e. The third-order valence-electron chi connectivity index (χ3n) is 3.94. The van der Waals surface area contributed by atoms with Gasteiger partial charge < -0.3 is 9.80 Å². The molecule has 18 heavy (non-hydrogen) atoms. The fourth-order valence-corrected chi connectivity index (χ4v) is 3.42. The molecule has 1 aliphatic carbocycles. The van der Waals surface area contributed by atoms with E-state index in [0.29, 0.717) is 12.6 Å². The Morgan fingerprint density at radius 1 is 1.22 bits per heavy atom. The monoisotopic (exact) mass is 308 g/mol. The predicted octanol–water partition coefficient (Wildman–Crippen LogP) is 3.17. The number of amides is 1. The molecule has 3 rings (SSSR count). The van der Waals surface area contributed by atoms with Crippen LogP contribution in [0.4, 0.5) is 11.4 Å². The normalized spacial score (nSPS) is 20.4. The number of carbonyl (C=O) groups excluding carboxylic acids is 1. The molecule has 96 valence electrons.